The van der Waals surface area contributed by atoms with Crippen LogP contribution >= 0.6 is 11.6 Å². The summed E-state index contributed by atoms with van der Waals surface area (Å²) in [4.78, 5) is 49.5. The highest BCUT2D eigenvalue weighted by molar-refractivity contribution is 6.34. The van der Waals surface area contributed by atoms with Crippen LogP contribution in [0.15, 0.2) is 67.8 Å². The molecule has 3 fully saturated rings. The molecule has 3 unspecified atom stereocenters. The molecular formula is C38H48ClN3O6. The van der Waals surface area contributed by atoms with Crippen molar-refractivity contribution in [2.45, 2.75) is 70.6 Å². The summed E-state index contributed by atoms with van der Waals surface area (Å²) in [5.74, 6) is -1.96. The Hall–Kier alpha value is -3.66. The third kappa shape index (κ3) is 5.94. The van der Waals surface area contributed by atoms with E-state index in [9.17, 15) is 14.7 Å². The van der Waals surface area contributed by atoms with Crippen molar-refractivity contribution in [3.8, 4) is 5.75 Å². The lowest BCUT2D eigenvalue weighted by atomic mass is 9.62. The largest absolute Gasteiger partial charge is 0.494 e. The number of para-hydroxylation sites is 1. The van der Waals surface area contributed by atoms with Crippen LogP contribution in [0.25, 0.3) is 0 Å². The molecular weight excluding hydrogens is 630 g/mol. The molecule has 2 bridgehead atoms. The number of aliphatic hydroxyl groups excluding tert-OH is 1. The molecule has 1 spiro atoms. The number of hydrogen-bond donors (Lipinski definition) is 1. The van der Waals surface area contributed by atoms with Crippen LogP contribution in [0.1, 0.15) is 52.0 Å². The first-order valence-corrected chi connectivity index (χ1v) is 17.3. The minimum Gasteiger partial charge on any atom is -0.494 e. The standard InChI is InChI=1S/C38H48ClN3O6/c1-7-20-40(27-16-18-28(19-17-27)47-9-3)34(44)30-31-35(45)42(22-11-10-12-23-43)33(38(31)24-26(5)37(30,6)48-38)36(46)41(21-8-2)32-25(4)14-13-15-29(32)39/h7-8,13-19,26,30-31,33,43H,1-2,9-12,20-24H2,3-6H3/t26?,30-,31+,33?,37+,38?/m1/s1. The molecule has 0 aliphatic carbocycles. The number of carbonyl (C=O) groups is 3. The third-order valence-electron chi connectivity index (χ3n) is 10.4. The van der Waals surface area contributed by atoms with Crippen molar-refractivity contribution in [2.24, 2.45) is 17.8 Å². The van der Waals surface area contributed by atoms with Gasteiger partial charge in [0.2, 0.25) is 11.8 Å². The fourth-order valence-corrected chi connectivity index (χ4v) is 8.57. The van der Waals surface area contributed by atoms with Crippen LogP contribution in [-0.2, 0) is 19.1 Å². The van der Waals surface area contributed by atoms with Gasteiger partial charge in [-0.15, -0.1) is 13.2 Å². The molecule has 0 radical (unpaired) electrons. The van der Waals surface area contributed by atoms with E-state index in [2.05, 4.69) is 13.2 Å². The van der Waals surface area contributed by atoms with E-state index in [1.807, 2.05) is 64.1 Å². The Morgan fingerprint density at radius 1 is 1.08 bits per heavy atom. The van der Waals surface area contributed by atoms with Crippen molar-refractivity contribution >= 4 is 40.7 Å². The molecule has 3 amide bonds. The van der Waals surface area contributed by atoms with Gasteiger partial charge in [-0.25, -0.2) is 0 Å². The second-order valence-corrected chi connectivity index (χ2v) is 13.7. The van der Waals surface area contributed by atoms with Gasteiger partial charge in [0.15, 0.2) is 0 Å². The predicted molar refractivity (Wildman–Crippen MR) is 188 cm³/mol. The Kier molecular flexibility index (Phi) is 10.7. The van der Waals surface area contributed by atoms with Gasteiger partial charge < -0.3 is 29.3 Å². The van der Waals surface area contributed by atoms with Crippen LogP contribution in [-0.4, -0.2) is 77.8 Å². The van der Waals surface area contributed by atoms with Gasteiger partial charge in [-0.2, -0.15) is 0 Å². The lowest BCUT2D eigenvalue weighted by Gasteiger charge is -2.39. The van der Waals surface area contributed by atoms with Crippen molar-refractivity contribution in [3.63, 3.8) is 0 Å². The van der Waals surface area contributed by atoms with Gasteiger partial charge in [-0.1, -0.05) is 42.8 Å². The first-order valence-electron chi connectivity index (χ1n) is 16.9. The maximum Gasteiger partial charge on any atom is 0.253 e. The first kappa shape index (κ1) is 35.6. The summed E-state index contributed by atoms with van der Waals surface area (Å²) in [6.07, 6.45) is 5.61. The molecule has 48 heavy (non-hydrogen) atoms. The van der Waals surface area contributed by atoms with E-state index in [1.54, 1.807) is 32.9 Å². The molecule has 2 aromatic carbocycles. The number of anilines is 2. The van der Waals surface area contributed by atoms with E-state index in [-0.39, 0.29) is 43.3 Å². The van der Waals surface area contributed by atoms with Gasteiger partial charge >= 0.3 is 0 Å². The molecule has 258 valence electrons. The molecule has 0 aromatic heterocycles. The van der Waals surface area contributed by atoms with Crippen molar-refractivity contribution in [2.75, 3.05) is 42.6 Å². The molecule has 1 N–H and O–H groups in total. The zero-order valence-electron chi connectivity index (χ0n) is 28.5. The van der Waals surface area contributed by atoms with Gasteiger partial charge in [0, 0.05) is 31.9 Å². The van der Waals surface area contributed by atoms with Crippen LogP contribution in [0.2, 0.25) is 5.02 Å². The number of fused-ring (bicyclic) bond motifs is 1. The van der Waals surface area contributed by atoms with E-state index in [0.29, 0.717) is 61.0 Å². The Morgan fingerprint density at radius 2 is 1.77 bits per heavy atom. The number of unbranched alkanes of at least 4 members (excludes halogenated alkanes) is 2. The van der Waals surface area contributed by atoms with E-state index in [0.717, 1.165) is 5.56 Å². The highest BCUT2D eigenvalue weighted by Gasteiger charge is 2.80. The average Bonchev–Trinajstić information content (AvgIpc) is 3.57. The van der Waals surface area contributed by atoms with Gasteiger partial charge in [-0.3, -0.25) is 14.4 Å². The monoisotopic (exact) mass is 677 g/mol. The summed E-state index contributed by atoms with van der Waals surface area (Å²) in [5, 5.41) is 9.84. The number of likely N-dealkylation sites (tertiary alicyclic amines) is 1. The number of ether oxygens (including phenoxy) is 2. The maximum atomic E-state index is 15.0. The van der Waals surface area contributed by atoms with Crippen LogP contribution in [0.5, 0.6) is 5.75 Å². The van der Waals surface area contributed by atoms with Crippen molar-refractivity contribution in [3.05, 3.63) is 78.4 Å². The number of amides is 3. The summed E-state index contributed by atoms with van der Waals surface area (Å²) in [7, 11) is 0. The Balaban J connectivity index is 1.60. The molecule has 10 heteroatoms. The molecule has 3 heterocycles. The fraction of sp³-hybridized carbons (Fsp3) is 0.500. The Morgan fingerprint density at radius 3 is 2.40 bits per heavy atom. The lowest BCUT2D eigenvalue weighted by molar-refractivity contribution is -0.145. The molecule has 3 aliphatic rings. The van der Waals surface area contributed by atoms with Crippen molar-refractivity contribution in [1.29, 1.82) is 0 Å². The number of hydrogen-bond acceptors (Lipinski definition) is 6. The zero-order valence-corrected chi connectivity index (χ0v) is 29.2. The van der Waals surface area contributed by atoms with Crippen molar-refractivity contribution < 1.29 is 29.0 Å². The normalized spacial score (nSPS) is 27.1. The topological polar surface area (TPSA) is 99.6 Å². The summed E-state index contributed by atoms with van der Waals surface area (Å²) in [6.45, 7) is 16.8. The molecule has 2 aromatic rings. The van der Waals surface area contributed by atoms with Crippen LogP contribution in [0, 0.1) is 24.7 Å². The number of benzene rings is 2. The molecule has 3 saturated heterocycles. The fourth-order valence-electron chi connectivity index (χ4n) is 8.25. The van der Waals surface area contributed by atoms with Gasteiger partial charge in [0.05, 0.1) is 34.8 Å². The second kappa shape index (κ2) is 14.4. The summed E-state index contributed by atoms with van der Waals surface area (Å²) < 4.78 is 12.6. The van der Waals surface area contributed by atoms with E-state index in [4.69, 9.17) is 21.1 Å². The molecule has 0 saturated carbocycles. The third-order valence-corrected chi connectivity index (χ3v) is 10.7. The summed E-state index contributed by atoms with van der Waals surface area (Å²) in [6, 6.07) is 11.8. The molecule has 5 rings (SSSR count). The molecule has 3 aliphatic heterocycles. The predicted octanol–water partition coefficient (Wildman–Crippen LogP) is 5.96. The number of aliphatic hydroxyl groups is 1. The highest BCUT2D eigenvalue weighted by atomic mass is 35.5. The van der Waals surface area contributed by atoms with Crippen molar-refractivity contribution in [1.82, 2.24) is 4.90 Å². The average molecular weight is 678 g/mol. The number of nitrogens with zero attached hydrogens (tertiary/aromatic N) is 3. The summed E-state index contributed by atoms with van der Waals surface area (Å²) >= 11 is 6.71. The van der Waals surface area contributed by atoms with E-state index >= 15 is 4.79 Å². The first-order chi connectivity index (χ1) is 23.0. The Bertz CT molecular complexity index is 1530. The number of carbonyl (C=O) groups excluding carboxylic acids is 3. The van der Waals surface area contributed by atoms with Gasteiger partial charge in [0.25, 0.3) is 5.91 Å². The zero-order chi connectivity index (χ0) is 34.8. The molecule has 9 nitrogen and oxygen atoms in total. The van der Waals surface area contributed by atoms with Gasteiger partial charge in [0.1, 0.15) is 17.4 Å². The maximum absolute atomic E-state index is 15.0. The van der Waals surface area contributed by atoms with Crippen LogP contribution < -0.4 is 14.5 Å². The number of aryl methyl sites for hydroxylation is 1. The minimum absolute atomic E-state index is 0.0437. The van der Waals surface area contributed by atoms with E-state index in [1.165, 1.54) is 0 Å². The smallest absolute Gasteiger partial charge is 0.253 e. The lowest BCUT2D eigenvalue weighted by Crippen LogP contribution is -2.57. The molecule has 6 atom stereocenters. The van der Waals surface area contributed by atoms with E-state index < -0.39 is 29.1 Å². The number of rotatable bonds is 15. The Labute approximate surface area is 289 Å². The second-order valence-electron chi connectivity index (χ2n) is 13.3. The quantitative estimate of drug-likeness (QED) is 0.185. The van der Waals surface area contributed by atoms with Crippen LogP contribution in [0.3, 0.4) is 0 Å². The number of halogens is 1. The highest BCUT2D eigenvalue weighted by Crippen LogP contribution is 2.65. The SMILES string of the molecule is C=CCN(C(=O)[C@H]1[C@H]2C(=O)N(CCCCCO)C(C(=O)N(CC=C)c3c(C)cccc3Cl)C23CC(C)[C@]1(C)O3)c1ccc(OCC)cc1. The van der Waals surface area contributed by atoms with Gasteiger partial charge in [-0.05, 0) is 88.3 Å². The summed E-state index contributed by atoms with van der Waals surface area (Å²) in [5.41, 5.74) is -0.198. The van der Waals surface area contributed by atoms with Crippen LogP contribution in [0.4, 0.5) is 11.4 Å². The minimum atomic E-state index is -1.23.